The van der Waals surface area contributed by atoms with Gasteiger partial charge in [-0.05, 0) is 25.1 Å². The summed E-state index contributed by atoms with van der Waals surface area (Å²) in [7, 11) is 0. The second-order valence-corrected chi connectivity index (χ2v) is 10.5. The van der Waals surface area contributed by atoms with Gasteiger partial charge in [-0.1, -0.05) is 0 Å². The molecule has 0 bridgehead atoms. The highest BCUT2D eigenvalue weighted by Gasteiger charge is 2.65. The Bertz CT molecular complexity index is 1570. The molecule has 3 aromatic rings. The van der Waals surface area contributed by atoms with Gasteiger partial charge in [0.25, 0.3) is 5.79 Å². The number of benzene rings is 2. The lowest BCUT2D eigenvalue weighted by molar-refractivity contribution is -0.394. The number of ether oxygens (including phenoxy) is 3. The minimum absolute atomic E-state index is 0.152. The van der Waals surface area contributed by atoms with Gasteiger partial charge < -0.3 is 74.8 Å². The zero-order valence-electron chi connectivity index (χ0n) is 22.3. The first-order valence-electron chi connectivity index (χ1n) is 13.0. The molecule has 43 heavy (non-hydrogen) atoms. The summed E-state index contributed by atoms with van der Waals surface area (Å²) in [5, 5.41) is 114. The SMILES string of the molecule is C[C@@H]1O[C@H]([C@@]2(Oc3c(-c4ccc(O)c(O)c4)oc4cc(O)cc(O)c4c3=O)O[C@H](CO)[C@H](O)[C@H](O)[C@H]2O)[C@@H](O)[C@@H](O)[C@@H]1O. The van der Waals surface area contributed by atoms with Gasteiger partial charge in [-0.2, -0.15) is 0 Å². The van der Waals surface area contributed by atoms with E-state index in [-0.39, 0.29) is 11.1 Å². The van der Waals surface area contributed by atoms with Crippen LogP contribution in [0.2, 0.25) is 0 Å². The summed E-state index contributed by atoms with van der Waals surface area (Å²) in [5.41, 5.74) is -1.72. The van der Waals surface area contributed by atoms with Gasteiger partial charge in [0.15, 0.2) is 29.5 Å². The molecule has 0 unspecified atom stereocenters. The first-order valence-corrected chi connectivity index (χ1v) is 13.0. The molecule has 16 nitrogen and oxygen atoms in total. The monoisotopic (exact) mass is 610 g/mol. The molecule has 10 atom stereocenters. The van der Waals surface area contributed by atoms with Gasteiger partial charge in [0.1, 0.15) is 59.1 Å². The zero-order valence-corrected chi connectivity index (χ0v) is 22.3. The molecular weight excluding hydrogens is 580 g/mol. The maximum atomic E-state index is 13.9. The molecule has 0 radical (unpaired) electrons. The van der Waals surface area contributed by atoms with Crippen molar-refractivity contribution in [3.8, 4) is 40.1 Å². The van der Waals surface area contributed by atoms with E-state index in [0.29, 0.717) is 0 Å². The van der Waals surface area contributed by atoms with Crippen molar-refractivity contribution < 1.29 is 74.8 Å². The summed E-state index contributed by atoms with van der Waals surface area (Å²) in [6.07, 6.45) is -17.3. The van der Waals surface area contributed by atoms with Crippen LogP contribution in [0.25, 0.3) is 22.3 Å². The number of phenolic OH excluding ortho intramolecular Hbond substituents is 4. The van der Waals surface area contributed by atoms with Crippen LogP contribution < -0.4 is 10.2 Å². The van der Waals surface area contributed by atoms with Crippen LogP contribution in [0.1, 0.15) is 6.92 Å². The van der Waals surface area contributed by atoms with Crippen LogP contribution in [0.3, 0.4) is 0 Å². The maximum Gasteiger partial charge on any atom is 0.269 e. The summed E-state index contributed by atoms with van der Waals surface area (Å²) >= 11 is 0. The largest absolute Gasteiger partial charge is 0.508 e. The Hall–Kier alpha value is -3.71. The molecule has 0 saturated carbocycles. The Morgan fingerprint density at radius 3 is 2.19 bits per heavy atom. The van der Waals surface area contributed by atoms with Crippen LogP contribution in [0.4, 0.5) is 0 Å². The highest BCUT2D eigenvalue weighted by molar-refractivity contribution is 5.88. The van der Waals surface area contributed by atoms with E-state index in [1.807, 2.05) is 0 Å². The first kappa shape index (κ1) is 30.7. The first-order chi connectivity index (χ1) is 20.2. The van der Waals surface area contributed by atoms with Crippen molar-refractivity contribution in [2.45, 2.75) is 67.6 Å². The molecule has 0 spiro atoms. The molecule has 16 heteroatoms. The molecule has 2 aliphatic rings. The Morgan fingerprint density at radius 2 is 1.53 bits per heavy atom. The van der Waals surface area contributed by atoms with Gasteiger partial charge in [0.2, 0.25) is 11.2 Å². The van der Waals surface area contributed by atoms with E-state index in [9.17, 15) is 61.0 Å². The van der Waals surface area contributed by atoms with Crippen molar-refractivity contribution in [3.05, 3.63) is 40.6 Å². The molecule has 2 saturated heterocycles. The number of aromatic hydroxyl groups is 4. The number of rotatable bonds is 5. The van der Waals surface area contributed by atoms with Crippen molar-refractivity contribution >= 4 is 11.0 Å². The van der Waals surface area contributed by atoms with Crippen LogP contribution in [0.5, 0.6) is 28.7 Å². The molecule has 3 heterocycles. The average Bonchev–Trinajstić information content (AvgIpc) is 2.96. The minimum Gasteiger partial charge on any atom is -0.508 e. The van der Waals surface area contributed by atoms with E-state index in [0.717, 1.165) is 24.3 Å². The predicted molar refractivity (Wildman–Crippen MR) is 140 cm³/mol. The second-order valence-electron chi connectivity index (χ2n) is 10.5. The number of aliphatic hydroxyl groups excluding tert-OH is 7. The summed E-state index contributed by atoms with van der Waals surface area (Å²) in [6.45, 7) is 0.286. The predicted octanol–water partition coefficient (Wildman–Crippen LogP) is -2.30. The molecule has 11 N–H and O–H groups in total. The maximum absolute atomic E-state index is 13.9. The second kappa shape index (κ2) is 11.1. The third-order valence-electron chi connectivity index (χ3n) is 7.65. The Morgan fingerprint density at radius 1 is 0.837 bits per heavy atom. The minimum atomic E-state index is -2.95. The van der Waals surface area contributed by atoms with Crippen molar-refractivity contribution in [1.82, 2.24) is 0 Å². The van der Waals surface area contributed by atoms with Gasteiger partial charge in [-0.15, -0.1) is 0 Å². The average molecular weight is 611 g/mol. The molecule has 0 aliphatic carbocycles. The van der Waals surface area contributed by atoms with Gasteiger partial charge in [-0.3, -0.25) is 4.79 Å². The number of hydrogen-bond acceptors (Lipinski definition) is 16. The van der Waals surface area contributed by atoms with Gasteiger partial charge in [-0.25, -0.2) is 0 Å². The molecule has 234 valence electrons. The molecule has 0 amide bonds. The summed E-state index contributed by atoms with van der Waals surface area (Å²) in [5.74, 6) is -6.96. The fraction of sp³-hybridized carbons (Fsp3) is 0.444. The van der Waals surface area contributed by atoms with E-state index in [1.165, 1.54) is 13.0 Å². The van der Waals surface area contributed by atoms with Crippen LogP contribution in [0, 0.1) is 0 Å². The summed E-state index contributed by atoms with van der Waals surface area (Å²) < 4.78 is 23.1. The topological polar surface area (TPSA) is 280 Å². The standard InChI is InChI=1S/C27H30O16/c1-8-17(33)20(36)22(38)26(40-8)27(25(39)21(37)18(34)15(7-28)42-27)43-24-19(35)16-13(32)5-10(29)6-14(16)41-23(24)9-2-3-11(30)12(31)4-9/h2-6,8,15,17-18,20-22,25-26,28-34,36-39H,7H2,1H3/t8-,15+,17+,18-,20-,21-,22-,25+,26-,27+/m0/s1. The number of hydrogen-bond donors (Lipinski definition) is 11. The van der Waals surface area contributed by atoms with Crippen molar-refractivity contribution in [3.63, 3.8) is 0 Å². The smallest absolute Gasteiger partial charge is 0.269 e. The molecule has 5 rings (SSSR count). The number of phenols is 4. The van der Waals surface area contributed by atoms with Crippen LogP contribution in [0.15, 0.2) is 39.5 Å². The van der Waals surface area contributed by atoms with E-state index >= 15 is 0 Å². The quantitative estimate of drug-likeness (QED) is 0.135. The van der Waals surface area contributed by atoms with E-state index in [1.54, 1.807) is 0 Å². The lowest BCUT2D eigenvalue weighted by atomic mass is 9.83. The molecule has 2 aromatic carbocycles. The van der Waals surface area contributed by atoms with Gasteiger partial charge in [0, 0.05) is 17.7 Å². The van der Waals surface area contributed by atoms with Gasteiger partial charge >= 0.3 is 0 Å². The van der Waals surface area contributed by atoms with Crippen molar-refractivity contribution in [2.24, 2.45) is 0 Å². The van der Waals surface area contributed by atoms with Crippen LogP contribution in [-0.2, 0) is 9.47 Å². The van der Waals surface area contributed by atoms with Crippen molar-refractivity contribution in [1.29, 1.82) is 0 Å². The highest BCUT2D eigenvalue weighted by atomic mass is 16.7. The molecule has 1 aromatic heterocycles. The normalized spacial score (nSPS) is 34.7. The zero-order chi connectivity index (χ0) is 31.5. The summed E-state index contributed by atoms with van der Waals surface area (Å²) in [4.78, 5) is 13.9. The number of aliphatic hydroxyl groups is 7. The summed E-state index contributed by atoms with van der Waals surface area (Å²) in [6, 6.07) is 4.93. The molecule has 2 fully saturated rings. The third-order valence-corrected chi connectivity index (χ3v) is 7.65. The Balaban J connectivity index is 1.81. The Kier molecular flexibility index (Phi) is 7.93. The number of fused-ring (bicyclic) bond motifs is 1. The van der Waals surface area contributed by atoms with E-state index in [2.05, 4.69) is 0 Å². The third kappa shape index (κ3) is 4.92. The molecule has 2 aliphatic heterocycles. The lowest BCUT2D eigenvalue weighted by Gasteiger charge is -2.54. The highest BCUT2D eigenvalue weighted by Crippen LogP contribution is 2.44. The fourth-order valence-corrected chi connectivity index (χ4v) is 5.30. The van der Waals surface area contributed by atoms with Crippen LogP contribution >= 0.6 is 0 Å². The van der Waals surface area contributed by atoms with Crippen molar-refractivity contribution in [2.75, 3.05) is 6.61 Å². The van der Waals surface area contributed by atoms with Crippen LogP contribution in [-0.4, -0.2) is 124 Å². The van der Waals surface area contributed by atoms with Gasteiger partial charge in [0.05, 0.1) is 12.7 Å². The molecular formula is C27H30O16. The lowest BCUT2D eigenvalue weighted by Crippen LogP contribution is -2.76. The Labute approximate surface area is 241 Å². The fourth-order valence-electron chi connectivity index (χ4n) is 5.30. The van der Waals surface area contributed by atoms with E-state index < -0.39 is 113 Å². The van der Waals surface area contributed by atoms with E-state index in [4.69, 9.17) is 18.6 Å².